The molecule has 0 radical (unpaired) electrons. The van der Waals surface area contributed by atoms with E-state index in [4.69, 9.17) is 4.74 Å². The molecule has 1 saturated heterocycles. The van der Waals surface area contributed by atoms with Gasteiger partial charge in [-0.1, -0.05) is 19.3 Å². The summed E-state index contributed by atoms with van der Waals surface area (Å²) in [5.74, 6) is 0. The van der Waals surface area contributed by atoms with Crippen LogP contribution in [0.25, 0.3) is 0 Å². The highest BCUT2D eigenvalue weighted by Crippen LogP contribution is 2.17. The van der Waals surface area contributed by atoms with Crippen LogP contribution in [0.4, 0.5) is 4.79 Å². The van der Waals surface area contributed by atoms with Gasteiger partial charge in [-0.2, -0.15) is 0 Å². The zero-order chi connectivity index (χ0) is 11.2. The number of nitrogens with one attached hydrogen (secondary N) is 1. The average Bonchev–Trinajstić information content (AvgIpc) is 2.72. The molecular weight excluding hydrogens is 204 g/mol. The molecular formula is C12H22N2O2. The van der Waals surface area contributed by atoms with Gasteiger partial charge in [0.2, 0.25) is 0 Å². The van der Waals surface area contributed by atoms with Crippen molar-refractivity contribution in [3.8, 4) is 0 Å². The first-order chi connectivity index (χ1) is 7.86. The zero-order valence-electron chi connectivity index (χ0n) is 9.91. The molecule has 1 amide bonds. The number of cyclic esters (lactones) is 1. The number of nitrogens with zero attached hydrogens (tertiary/aromatic N) is 1. The van der Waals surface area contributed by atoms with Crippen molar-refractivity contribution in [2.75, 3.05) is 26.2 Å². The van der Waals surface area contributed by atoms with Gasteiger partial charge in [0, 0.05) is 12.6 Å². The van der Waals surface area contributed by atoms with Crippen molar-refractivity contribution in [3.63, 3.8) is 0 Å². The second kappa shape index (κ2) is 6.09. The van der Waals surface area contributed by atoms with Crippen LogP contribution in [0, 0.1) is 0 Å². The molecule has 2 rings (SSSR count). The molecule has 92 valence electrons. The summed E-state index contributed by atoms with van der Waals surface area (Å²) in [6, 6.07) is 0.722. The molecule has 0 aromatic rings. The Morgan fingerprint density at radius 3 is 2.81 bits per heavy atom. The quantitative estimate of drug-likeness (QED) is 0.726. The van der Waals surface area contributed by atoms with E-state index in [1.54, 1.807) is 4.90 Å². The van der Waals surface area contributed by atoms with Crippen molar-refractivity contribution >= 4 is 6.09 Å². The monoisotopic (exact) mass is 226 g/mol. The Morgan fingerprint density at radius 2 is 2.12 bits per heavy atom. The van der Waals surface area contributed by atoms with Crippen LogP contribution >= 0.6 is 0 Å². The largest absolute Gasteiger partial charge is 0.448 e. The number of hydrogen-bond acceptors (Lipinski definition) is 3. The molecule has 0 unspecified atom stereocenters. The van der Waals surface area contributed by atoms with E-state index in [-0.39, 0.29) is 6.09 Å². The Bertz CT molecular complexity index is 227. The second-order valence-electron chi connectivity index (χ2n) is 4.74. The van der Waals surface area contributed by atoms with Gasteiger partial charge in [0.15, 0.2) is 0 Å². The van der Waals surface area contributed by atoms with Crippen LogP contribution in [0.1, 0.15) is 38.5 Å². The third kappa shape index (κ3) is 3.37. The van der Waals surface area contributed by atoms with Gasteiger partial charge in [-0.05, 0) is 25.8 Å². The van der Waals surface area contributed by atoms with Crippen LogP contribution in [-0.2, 0) is 4.74 Å². The fourth-order valence-electron chi connectivity index (χ4n) is 2.51. The molecule has 2 fully saturated rings. The maximum atomic E-state index is 11.2. The van der Waals surface area contributed by atoms with Crippen LogP contribution in [0.15, 0.2) is 0 Å². The van der Waals surface area contributed by atoms with Crippen molar-refractivity contribution in [1.82, 2.24) is 10.2 Å². The highest BCUT2D eigenvalue weighted by atomic mass is 16.6. The van der Waals surface area contributed by atoms with Crippen LogP contribution in [0.3, 0.4) is 0 Å². The molecule has 1 N–H and O–H groups in total. The van der Waals surface area contributed by atoms with Gasteiger partial charge in [-0.3, -0.25) is 0 Å². The van der Waals surface area contributed by atoms with Gasteiger partial charge < -0.3 is 15.0 Å². The smallest absolute Gasteiger partial charge is 0.409 e. The number of ether oxygens (including phenoxy) is 1. The van der Waals surface area contributed by atoms with Gasteiger partial charge >= 0.3 is 6.09 Å². The first-order valence-corrected chi connectivity index (χ1v) is 6.51. The fraction of sp³-hybridized carbons (Fsp3) is 0.917. The average molecular weight is 226 g/mol. The number of hydrogen-bond donors (Lipinski definition) is 1. The molecule has 4 nitrogen and oxygen atoms in total. The molecule has 16 heavy (non-hydrogen) atoms. The molecule has 1 aliphatic carbocycles. The van der Waals surface area contributed by atoms with Crippen molar-refractivity contribution in [1.29, 1.82) is 0 Å². The second-order valence-corrected chi connectivity index (χ2v) is 4.74. The third-order valence-electron chi connectivity index (χ3n) is 3.49. The minimum absolute atomic E-state index is 0.141. The molecule has 0 aromatic heterocycles. The Balaban J connectivity index is 1.52. The standard InChI is InChI=1S/C12H22N2O2/c15-12-14(9-10-16-12)8-4-7-13-11-5-2-1-3-6-11/h11,13H,1-10H2. The van der Waals surface area contributed by atoms with Crippen LogP contribution in [-0.4, -0.2) is 43.3 Å². The Labute approximate surface area is 97.3 Å². The summed E-state index contributed by atoms with van der Waals surface area (Å²) in [5, 5.41) is 3.58. The summed E-state index contributed by atoms with van der Waals surface area (Å²) in [4.78, 5) is 12.9. The van der Waals surface area contributed by atoms with Gasteiger partial charge in [-0.15, -0.1) is 0 Å². The molecule has 0 atom stereocenters. The molecule has 0 aromatic carbocycles. The molecule has 1 saturated carbocycles. The van der Waals surface area contributed by atoms with E-state index in [1.807, 2.05) is 0 Å². The zero-order valence-corrected chi connectivity index (χ0v) is 9.91. The minimum atomic E-state index is -0.141. The molecule has 1 heterocycles. The topological polar surface area (TPSA) is 41.6 Å². The highest BCUT2D eigenvalue weighted by Gasteiger charge is 2.20. The van der Waals surface area contributed by atoms with E-state index in [0.717, 1.165) is 32.1 Å². The third-order valence-corrected chi connectivity index (χ3v) is 3.49. The lowest BCUT2D eigenvalue weighted by Crippen LogP contribution is -2.34. The Morgan fingerprint density at radius 1 is 1.31 bits per heavy atom. The van der Waals surface area contributed by atoms with Gasteiger partial charge in [0.1, 0.15) is 6.61 Å². The number of rotatable bonds is 5. The molecule has 0 spiro atoms. The van der Waals surface area contributed by atoms with Crippen LogP contribution in [0.2, 0.25) is 0 Å². The van der Waals surface area contributed by atoms with Crippen molar-refractivity contribution in [2.24, 2.45) is 0 Å². The van der Waals surface area contributed by atoms with Crippen molar-refractivity contribution < 1.29 is 9.53 Å². The maximum absolute atomic E-state index is 11.2. The highest BCUT2D eigenvalue weighted by molar-refractivity contribution is 5.69. The summed E-state index contributed by atoms with van der Waals surface area (Å²) >= 11 is 0. The van der Waals surface area contributed by atoms with Gasteiger partial charge in [-0.25, -0.2) is 4.79 Å². The summed E-state index contributed by atoms with van der Waals surface area (Å²) < 4.78 is 4.88. The van der Waals surface area contributed by atoms with E-state index in [2.05, 4.69) is 5.32 Å². The predicted molar refractivity (Wildman–Crippen MR) is 62.4 cm³/mol. The minimum Gasteiger partial charge on any atom is -0.448 e. The fourth-order valence-corrected chi connectivity index (χ4v) is 2.51. The van der Waals surface area contributed by atoms with E-state index >= 15 is 0 Å². The summed E-state index contributed by atoms with van der Waals surface area (Å²) in [5.41, 5.74) is 0. The predicted octanol–water partition coefficient (Wildman–Crippen LogP) is 1.75. The van der Waals surface area contributed by atoms with E-state index in [0.29, 0.717) is 6.61 Å². The molecule has 1 aliphatic heterocycles. The number of carbonyl (C=O) groups is 1. The Kier molecular flexibility index (Phi) is 4.45. The van der Waals surface area contributed by atoms with Crippen molar-refractivity contribution in [3.05, 3.63) is 0 Å². The number of carbonyl (C=O) groups excluding carboxylic acids is 1. The van der Waals surface area contributed by atoms with Crippen LogP contribution < -0.4 is 5.32 Å². The summed E-state index contributed by atoms with van der Waals surface area (Å²) in [6.45, 7) is 3.18. The molecule has 2 aliphatic rings. The number of amides is 1. The summed E-state index contributed by atoms with van der Waals surface area (Å²) in [6.07, 6.45) is 7.69. The summed E-state index contributed by atoms with van der Waals surface area (Å²) in [7, 11) is 0. The lowest BCUT2D eigenvalue weighted by molar-refractivity contribution is 0.158. The van der Waals surface area contributed by atoms with Crippen molar-refractivity contribution in [2.45, 2.75) is 44.6 Å². The SMILES string of the molecule is O=C1OCCN1CCCNC1CCCCC1. The van der Waals surface area contributed by atoms with E-state index < -0.39 is 0 Å². The lowest BCUT2D eigenvalue weighted by Gasteiger charge is -2.23. The van der Waals surface area contributed by atoms with Crippen LogP contribution in [0.5, 0.6) is 0 Å². The van der Waals surface area contributed by atoms with Gasteiger partial charge in [0.25, 0.3) is 0 Å². The maximum Gasteiger partial charge on any atom is 0.409 e. The normalized spacial score (nSPS) is 22.5. The molecule has 0 bridgehead atoms. The van der Waals surface area contributed by atoms with E-state index in [9.17, 15) is 4.79 Å². The lowest BCUT2D eigenvalue weighted by atomic mass is 9.95. The first kappa shape index (κ1) is 11.7. The molecule has 4 heteroatoms. The first-order valence-electron chi connectivity index (χ1n) is 6.51. The Hall–Kier alpha value is -0.770. The van der Waals surface area contributed by atoms with E-state index in [1.165, 1.54) is 32.1 Å². The van der Waals surface area contributed by atoms with Gasteiger partial charge in [0.05, 0.1) is 6.54 Å².